The van der Waals surface area contributed by atoms with Crippen LogP contribution in [0.1, 0.15) is 39.5 Å². The number of nitrogens with one attached hydrogen (secondary N) is 1. The molecule has 1 aromatic rings. The van der Waals surface area contributed by atoms with E-state index < -0.39 is 0 Å². The van der Waals surface area contributed by atoms with Gasteiger partial charge in [0.25, 0.3) is 0 Å². The van der Waals surface area contributed by atoms with Crippen molar-refractivity contribution in [3.63, 3.8) is 0 Å². The van der Waals surface area contributed by atoms with Crippen LogP contribution in [0.25, 0.3) is 0 Å². The number of carbonyl (C=O) groups excluding carboxylic acids is 1. The largest absolute Gasteiger partial charge is 0.493 e. The van der Waals surface area contributed by atoms with Gasteiger partial charge in [-0.3, -0.25) is 4.79 Å². The van der Waals surface area contributed by atoms with E-state index in [1.165, 1.54) is 6.42 Å². The first kappa shape index (κ1) is 13.9. The summed E-state index contributed by atoms with van der Waals surface area (Å²) < 4.78 is 5.52. The van der Waals surface area contributed by atoms with E-state index in [0.717, 1.165) is 18.6 Å². The van der Waals surface area contributed by atoms with Gasteiger partial charge in [0.1, 0.15) is 5.75 Å². The maximum Gasteiger partial charge on any atom is 0.223 e. The lowest BCUT2D eigenvalue weighted by molar-refractivity contribution is -0.122. The van der Waals surface area contributed by atoms with E-state index in [-0.39, 0.29) is 5.91 Å². The van der Waals surface area contributed by atoms with Crippen LogP contribution in [0.2, 0.25) is 0 Å². The summed E-state index contributed by atoms with van der Waals surface area (Å²) in [5.41, 5.74) is 0.373. The molecule has 3 heteroatoms. The maximum absolute atomic E-state index is 11.8. The van der Waals surface area contributed by atoms with Crippen LogP contribution in [0.5, 0.6) is 5.75 Å². The van der Waals surface area contributed by atoms with Gasteiger partial charge in [0.05, 0.1) is 13.0 Å². The molecule has 1 aliphatic rings. The van der Waals surface area contributed by atoms with Crippen LogP contribution in [0.4, 0.5) is 0 Å². The highest BCUT2D eigenvalue weighted by Gasteiger charge is 2.31. The third-order valence-corrected chi connectivity index (χ3v) is 3.67. The first-order valence-corrected chi connectivity index (χ1v) is 7.02. The van der Waals surface area contributed by atoms with Gasteiger partial charge in [-0.25, -0.2) is 0 Å². The third kappa shape index (κ3) is 4.58. The normalized spacial score (nSPS) is 21.1. The Morgan fingerprint density at radius 3 is 2.74 bits per heavy atom. The molecule has 0 aliphatic heterocycles. The van der Waals surface area contributed by atoms with Crippen molar-refractivity contribution < 1.29 is 9.53 Å². The van der Waals surface area contributed by atoms with Crippen LogP contribution in [0, 0.1) is 5.41 Å². The van der Waals surface area contributed by atoms with Crippen LogP contribution in [0.15, 0.2) is 30.3 Å². The molecule has 0 aromatic heterocycles. The van der Waals surface area contributed by atoms with E-state index in [9.17, 15) is 4.79 Å². The Morgan fingerprint density at radius 1 is 1.37 bits per heavy atom. The first-order chi connectivity index (χ1) is 9.05. The minimum atomic E-state index is 0.0960. The Labute approximate surface area is 115 Å². The van der Waals surface area contributed by atoms with Gasteiger partial charge in [-0.05, 0) is 36.8 Å². The Bertz CT molecular complexity index is 414. The third-order valence-electron chi connectivity index (χ3n) is 3.67. The molecule has 2 rings (SSSR count). The molecule has 104 valence electrons. The van der Waals surface area contributed by atoms with Crippen molar-refractivity contribution in [1.29, 1.82) is 0 Å². The molecule has 0 bridgehead atoms. The highest BCUT2D eigenvalue weighted by Crippen LogP contribution is 2.36. The van der Waals surface area contributed by atoms with Crippen molar-refractivity contribution >= 4 is 5.91 Å². The van der Waals surface area contributed by atoms with E-state index >= 15 is 0 Å². The molecule has 1 unspecified atom stereocenters. The van der Waals surface area contributed by atoms with E-state index in [4.69, 9.17) is 4.74 Å². The number of ether oxygens (including phenoxy) is 1. The summed E-state index contributed by atoms with van der Waals surface area (Å²) >= 11 is 0. The second-order valence-corrected chi connectivity index (χ2v) is 6.08. The molecule has 0 saturated heterocycles. The molecule has 1 aromatic carbocycles. The Balaban J connectivity index is 1.65. The molecule has 0 heterocycles. The summed E-state index contributed by atoms with van der Waals surface area (Å²) in [6.45, 7) is 4.96. The molecule has 3 nitrogen and oxygen atoms in total. The lowest BCUT2D eigenvalue weighted by Crippen LogP contribution is -2.34. The summed E-state index contributed by atoms with van der Waals surface area (Å²) in [5.74, 6) is 0.913. The van der Waals surface area contributed by atoms with Gasteiger partial charge in [-0.15, -0.1) is 0 Å². The Morgan fingerprint density at radius 2 is 2.11 bits per heavy atom. The SMILES string of the molecule is CC1(C)CCC(NC(=O)CCOc2ccccc2)C1. The van der Waals surface area contributed by atoms with Gasteiger partial charge in [-0.2, -0.15) is 0 Å². The quantitative estimate of drug-likeness (QED) is 0.884. The monoisotopic (exact) mass is 261 g/mol. The van der Waals surface area contributed by atoms with E-state index in [1.807, 2.05) is 30.3 Å². The summed E-state index contributed by atoms with van der Waals surface area (Å²) in [7, 11) is 0. The van der Waals surface area contributed by atoms with Crippen molar-refractivity contribution in [3.05, 3.63) is 30.3 Å². The predicted molar refractivity (Wildman–Crippen MR) is 76.1 cm³/mol. The predicted octanol–water partition coefficient (Wildman–Crippen LogP) is 3.15. The topological polar surface area (TPSA) is 38.3 Å². The number of benzene rings is 1. The van der Waals surface area contributed by atoms with Gasteiger partial charge in [-0.1, -0.05) is 32.0 Å². The number of hydrogen-bond acceptors (Lipinski definition) is 2. The standard InChI is InChI=1S/C16H23NO2/c1-16(2)10-8-13(12-16)17-15(18)9-11-19-14-6-4-3-5-7-14/h3-7,13H,8-12H2,1-2H3,(H,17,18). The molecule has 1 aliphatic carbocycles. The summed E-state index contributed by atoms with van der Waals surface area (Å²) in [6, 6.07) is 9.95. The molecule has 1 saturated carbocycles. The number of rotatable bonds is 5. The fraction of sp³-hybridized carbons (Fsp3) is 0.562. The average molecular weight is 261 g/mol. The molecule has 0 radical (unpaired) electrons. The summed E-state index contributed by atoms with van der Waals surface area (Å²) in [4.78, 5) is 11.8. The average Bonchev–Trinajstić information content (AvgIpc) is 2.70. The number of amides is 1. The summed E-state index contributed by atoms with van der Waals surface area (Å²) in [6.07, 6.45) is 3.79. The van der Waals surface area contributed by atoms with Crippen LogP contribution >= 0.6 is 0 Å². The number of hydrogen-bond donors (Lipinski definition) is 1. The van der Waals surface area contributed by atoms with Crippen LogP contribution in [-0.4, -0.2) is 18.6 Å². The Kier molecular flexibility index (Phi) is 4.46. The van der Waals surface area contributed by atoms with Gasteiger partial charge >= 0.3 is 0 Å². The van der Waals surface area contributed by atoms with Crippen molar-refractivity contribution in [1.82, 2.24) is 5.32 Å². The highest BCUT2D eigenvalue weighted by atomic mass is 16.5. The lowest BCUT2D eigenvalue weighted by Gasteiger charge is -2.17. The maximum atomic E-state index is 11.8. The molecule has 1 fully saturated rings. The van der Waals surface area contributed by atoms with Gasteiger partial charge < -0.3 is 10.1 Å². The molecule has 19 heavy (non-hydrogen) atoms. The van der Waals surface area contributed by atoms with Gasteiger partial charge in [0.2, 0.25) is 5.91 Å². The van der Waals surface area contributed by atoms with Crippen molar-refractivity contribution in [3.8, 4) is 5.75 Å². The smallest absolute Gasteiger partial charge is 0.223 e. The van der Waals surface area contributed by atoms with E-state index in [0.29, 0.717) is 24.5 Å². The highest BCUT2D eigenvalue weighted by molar-refractivity contribution is 5.76. The zero-order valence-corrected chi connectivity index (χ0v) is 11.8. The van der Waals surface area contributed by atoms with E-state index in [1.54, 1.807) is 0 Å². The molecule has 1 atom stereocenters. The van der Waals surface area contributed by atoms with Crippen LogP contribution in [0.3, 0.4) is 0 Å². The minimum Gasteiger partial charge on any atom is -0.493 e. The van der Waals surface area contributed by atoms with Crippen molar-refractivity contribution in [2.24, 2.45) is 5.41 Å². The molecule has 1 N–H and O–H groups in total. The molecular formula is C16H23NO2. The molecule has 1 amide bonds. The fourth-order valence-corrected chi connectivity index (χ4v) is 2.64. The van der Waals surface area contributed by atoms with Gasteiger partial charge in [0, 0.05) is 6.04 Å². The number of carbonyl (C=O) groups is 1. The minimum absolute atomic E-state index is 0.0960. The fourth-order valence-electron chi connectivity index (χ4n) is 2.64. The lowest BCUT2D eigenvalue weighted by atomic mass is 9.92. The van der Waals surface area contributed by atoms with Gasteiger partial charge in [0.15, 0.2) is 0 Å². The van der Waals surface area contributed by atoms with Crippen molar-refractivity contribution in [2.45, 2.75) is 45.6 Å². The zero-order chi connectivity index (χ0) is 13.7. The number of para-hydroxylation sites is 1. The molecule has 0 spiro atoms. The van der Waals surface area contributed by atoms with Crippen molar-refractivity contribution in [2.75, 3.05) is 6.61 Å². The van der Waals surface area contributed by atoms with Crippen LogP contribution < -0.4 is 10.1 Å². The van der Waals surface area contributed by atoms with Crippen LogP contribution in [-0.2, 0) is 4.79 Å². The zero-order valence-electron chi connectivity index (χ0n) is 11.8. The molecular weight excluding hydrogens is 238 g/mol. The van der Waals surface area contributed by atoms with E-state index in [2.05, 4.69) is 19.2 Å². The second kappa shape index (κ2) is 6.09. The summed E-state index contributed by atoms with van der Waals surface area (Å²) in [5, 5.41) is 3.10. The first-order valence-electron chi connectivity index (χ1n) is 7.02. The Hall–Kier alpha value is -1.51. The second-order valence-electron chi connectivity index (χ2n) is 6.08.